The molecule has 0 unspecified atom stereocenters. The molecule has 4 rings (SSSR count). The van der Waals surface area contributed by atoms with Crippen LogP contribution in [0.4, 0.5) is 0 Å². The van der Waals surface area contributed by atoms with Crippen LogP contribution in [0.1, 0.15) is 41.6 Å². The van der Waals surface area contributed by atoms with Crippen molar-refractivity contribution in [2.75, 3.05) is 0 Å². The second kappa shape index (κ2) is 5.02. The Bertz CT molecular complexity index is 613. The van der Waals surface area contributed by atoms with Crippen LogP contribution in [-0.4, -0.2) is 21.0 Å². The lowest BCUT2D eigenvalue weighted by atomic mass is 10.1. The van der Waals surface area contributed by atoms with Gasteiger partial charge in [-0.3, -0.25) is 0 Å². The molecule has 1 aromatic heterocycles. The van der Waals surface area contributed by atoms with Gasteiger partial charge >= 0.3 is 0 Å². The van der Waals surface area contributed by atoms with Gasteiger partial charge in [-0.2, -0.15) is 0 Å². The molecule has 0 radical (unpaired) electrons. The highest BCUT2D eigenvalue weighted by molar-refractivity contribution is 5.35. The van der Waals surface area contributed by atoms with Crippen molar-refractivity contribution in [3.05, 3.63) is 46.8 Å². The predicted octanol–water partition coefficient (Wildman–Crippen LogP) is 2.07. The maximum atomic E-state index is 4.24. The number of aromatic nitrogens is 3. The lowest BCUT2D eigenvalue weighted by Crippen LogP contribution is -2.15. The van der Waals surface area contributed by atoms with E-state index in [9.17, 15) is 0 Å². The molecule has 104 valence electrons. The van der Waals surface area contributed by atoms with E-state index in [0.717, 1.165) is 24.8 Å². The monoisotopic (exact) mass is 268 g/mol. The number of nitrogens with one attached hydrogen (secondary N) is 1. The average Bonchev–Trinajstić information content (AvgIpc) is 2.99. The second-order valence-corrected chi connectivity index (χ2v) is 6.02. The maximum absolute atomic E-state index is 4.24. The van der Waals surface area contributed by atoms with Crippen LogP contribution in [0.25, 0.3) is 0 Å². The zero-order valence-electron chi connectivity index (χ0n) is 11.7. The molecule has 1 heterocycles. The topological polar surface area (TPSA) is 42.7 Å². The van der Waals surface area contributed by atoms with Crippen LogP contribution in [0.5, 0.6) is 0 Å². The Hall–Kier alpha value is -1.68. The molecule has 0 aliphatic heterocycles. The first kappa shape index (κ1) is 12.1. The number of benzene rings is 1. The molecule has 4 heteroatoms. The second-order valence-electron chi connectivity index (χ2n) is 6.02. The molecular weight excluding hydrogens is 248 g/mol. The Labute approximate surface area is 119 Å². The van der Waals surface area contributed by atoms with Gasteiger partial charge in [0.25, 0.3) is 0 Å². The Morgan fingerprint density at radius 1 is 1.20 bits per heavy atom. The lowest BCUT2D eigenvalue weighted by molar-refractivity contribution is 0.645. The lowest BCUT2D eigenvalue weighted by Gasteiger charge is -2.04. The molecule has 2 aliphatic rings. The molecule has 0 amide bonds. The van der Waals surface area contributed by atoms with Gasteiger partial charge in [-0.25, -0.2) is 4.68 Å². The highest BCUT2D eigenvalue weighted by Gasteiger charge is 2.20. The number of fused-ring (bicyclic) bond motifs is 1. The van der Waals surface area contributed by atoms with E-state index >= 15 is 0 Å². The van der Waals surface area contributed by atoms with Gasteiger partial charge in [-0.1, -0.05) is 23.4 Å². The number of hydrogen-bond donors (Lipinski definition) is 1. The first-order valence-electron chi connectivity index (χ1n) is 7.60. The number of nitrogens with zero attached hydrogens (tertiary/aromatic N) is 3. The van der Waals surface area contributed by atoms with Crippen LogP contribution in [0.15, 0.2) is 24.4 Å². The molecular formula is C16H20N4. The third-order valence-corrected chi connectivity index (χ3v) is 4.24. The number of rotatable bonds is 5. The van der Waals surface area contributed by atoms with Crippen molar-refractivity contribution in [3.8, 4) is 0 Å². The van der Waals surface area contributed by atoms with Gasteiger partial charge in [0, 0.05) is 12.6 Å². The smallest absolute Gasteiger partial charge is 0.0965 e. The number of aryl methyl sites for hydroxylation is 2. The third-order valence-electron chi connectivity index (χ3n) is 4.24. The van der Waals surface area contributed by atoms with Crippen LogP contribution in [0.2, 0.25) is 0 Å². The van der Waals surface area contributed by atoms with Crippen molar-refractivity contribution in [1.82, 2.24) is 20.3 Å². The molecule has 0 saturated heterocycles. The van der Waals surface area contributed by atoms with Crippen LogP contribution >= 0.6 is 0 Å². The van der Waals surface area contributed by atoms with E-state index in [1.165, 1.54) is 48.8 Å². The summed E-state index contributed by atoms with van der Waals surface area (Å²) >= 11 is 0. The molecule has 0 bridgehead atoms. The minimum absolute atomic E-state index is 0.719. The summed E-state index contributed by atoms with van der Waals surface area (Å²) in [4.78, 5) is 0. The van der Waals surface area contributed by atoms with Crippen molar-refractivity contribution < 1.29 is 0 Å². The minimum Gasteiger partial charge on any atom is -0.308 e. The molecule has 0 spiro atoms. The Morgan fingerprint density at radius 3 is 3.00 bits per heavy atom. The molecule has 1 aromatic carbocycles. The quantitative estimate of drug-likeness (QED) is 0.902. The van der Waals surface area contributed by atoms with E-state index in [4.69, 9.17) is 0 Å². The zero-order chi connectivity index (χ0) is 13.4. The predicted molar refractivity (Wildman–Crippen MR) is 77.5 cm³/mol. The SMILES string of the molecule is c1cc2c(cc1Cn1cc(CNC3CC3)nn1)CCC2. The van der Waals surface area contributed by atoms with Gasteiger partial charge in [0.05, 0.1) is 18.4 Å². The summed E-state index contributed by atoms with van der Waals surface area (Å²) in [5.41, 5.74) is 5.43. The van der Waals surface area contributed by atoms with Gasteiger partial charge in [0.2, 0.25) is 0 Å². The van der Waals surface area contributed by atoms with Crippen molar-refractivity contribution in [2.24, 2.45) is 0 Å². The van der Waals surface area contributed by atoms with Crippen molar-refractivity contribution >= 4 is 0 Å². The first-order chi connectivity index (χ1) is 9.87. The molecule has 2 aliphatic carbocycles. The van der Waals surface area contributed by atoms with Crippen LogP contribution in [0.3, 0.4) is 0 Å². The molecule has 1 fully saturated rings. The van der Waals surface area contributed by atoms with Gasteiger partial charge in [-0.05, 0) is 48.8 Å². The Morgan fingerprint density at radius 2 is 2.10 bits per heavy atom. The number of hydrogen-bond acceptors (Lipinski definition) is 3. The van der Waals surface area contributed by atoms with Gasteiger partial charge in [0.15, 0.2) is 0 Å². The fourth-order valence-electron chi connectivity index (χ4n) is 2.94. The highest BCUT2D eigenvalue weighted by atomic mass is 15.4. The fourth-order valence-corrected chi connectivity index (χ4v) is 2.94. The van der Waals surface area contributed by atoms with Crippen molar-refractivity contribution in [2.45, 2.75) is 51.2 Å². The summed E-state index contributed by atoms with van der Waals surface area (Å²) in [5, 5.41) is 11.9. The molecule has 20 heavy (non-hydrogen) atoms. The van der Waals surface area contributed by atoms with Gasteiger partial charge in [-0.15, -0.1) is 5.10 Å². The van der Waals surface area contributed by atoms with Crippen LogP contribution in [-0.2, 0) is 25.9 Å². The summed E-state index contributed by atoms with van der Waals surface area (Å²) in [7, 11) is 0. The van der Waals surface area contributed by atoms with E-state index < -0.39 is 0 Å². The van der Waals surface area contributed by atoms with E-state index in [1.807, 2.05) is 4.68 Å². The molecule has 4 nitrogen and oxygen atoms in total. The zero-order valence-corrected chi connectivity index (χ0v) is 11.7. The molecule has 1 N–H and O–H groups in total. The maximum Gasteiger partial charge on any atom is 0.0965 e. The van der Waals surface area contributed by atoms with E-state index in [-0.39, 0.29) is 0 Å². The Kier molecular flexibility index (Phi) is 3.03. The highest BCUT2D eigenvalue weighted by Crippen LogP contribution is 2.23. The third kappa shape index (κ3) is 2.61. The van der Waals surface area contributed by atoms with E-state index in [0.29, 0.717) is 0 Å². The average molecular weight is 268 g/mol. The summed E-state index contributed by atoms with van der Waals surface area (Å²) in [6.07, 6.45) is 8.46. The van der Waals surface area contributed by atoms with Gasteiger partial charge < -0.3 is 5.32 Å². The molecule has 0 atom stereocenters. The normalized spacial score (nSPS) is 17.4. The Balaban J connectivity index is 1.42. The fraction of sp³-hybridized carbons (Fsp3) is 0.500. The summed E-state index contributed by atoms with van der Waals surface area (Å²) in [5.74, 6) is 0. The van der Waals surface area contributed by atoms with Crippen LogP contribution < -0.4 is 5.32 Å². The summed E-state index contributed by atoms with van der Waals surface area (Å²) < 4.78 is 1.95. The van der Waals surface area contributed by atoms with E-state index in [1.54, 1.807) is 0 Å². The first-order valence-corrected chi connectivity index (χ1v) is 7.60. The van der Waals surface area contributed by atoms with Crippen LogP contribution in [0, 0.1) is 0 Å². The molecule has 1 saturated carbocycles. The van der Waals surface area contributed by atoms with Crippen molar-refractivity contribution in [1.29, 1.82) is 0 Å². The van der Waals surface area contributed by atoms with E-state index in [2.05, 4.69) is 40.0 Å². The largest absolute Gasteiger partial charge is 0.308 e. The minimum atomic E-state index is 0.719. The van der Waals surface area contributed by atoms with Gasteiger partial charge in [0.1, 0.15) is 0 Å². The standard InChI is InChI=1S/C16H20N4/c1-2-13-5-4-12(8-14(13)3-1)10-20-11-16(18-19-20)9-17-15-6-7-15/h4-5,8,11,15,17H,1-3,6-7,9-10H2. The summed E-state index contributed by atoms with van der Waals surface area (Å²) in [6.45, 7) is 1.67. The summed E-state index contributed by atoms with van der Waals surface area (Å²) in [6, 6.07) is 7.57. The molecule has 2 aromatic rings. The van der Waals surface area contributed by atoms with Crippen molar-refractivity contribution in [3.63, 3.8) is 0 Å².